The summed E-state index contributed by atoms with van der Waals surface area (Å²) in [7, 11) is 0. The second-order valence-electron chi connectivity index (χ2n) is 19.8. The van der Waals surface area contributed by atoms with Crippen molar-refractivity contribution in [2.45, 2.75) is 36.0 Å². The van der Waals surface area contributed by atoms with E-state index in [2.05, 4.69) is 243 Å². The van der Waals surface area contributed by atoms with Gasteiger partial charge in [0, 0.05) is 28.5 Å². The highest BCUT2D eigenvalue weighted by atomic mass is 15.2. The van der Waals surface area contributed by atoms with Gasteiger partial charge in [0.05, 0.1) is 22.2 Å². The molecule has 6 aliphatic rings. The first-order chi connectivity index (χ1) is 32.5. The zero-order valence-electron chi connectivity index (χ0n) is 37.0. The Morgan fingerprint density at radius 3 is 1.50 bits per heavy atom. The summed E-state index contributed by atoms with van der Waals surface area (Å²) in [5.74, 6) is 0.423. The van der Waals surface area contributed by atoms with Crippen LogP contribution in [0, 0.1) is 5.92 Å². The first kappa shape index (κ1) is 36.6. The van der Waals surface area contributed by atoms with Crippen LogP contribution in [0.3, 0.4) is 0 Å². The van der Waals surface area contributed by atoms with E-state index in [0.29, 0.717) is 0 Å². The smallest absolute Gasteiger partial charge is 0.0726 e. The highest BCUT2D eigenvalue weighted by Crippen LogP contribution is 2.69. The van der Waals surface area contributed by atoms with Crippen molar-refractivity contribution in [1.29, 1.82) is 0 Å². The van der Waals surface area contributed by atoms with Gasteiger partial charge in [-0.3, -0.25) is 0 Å². The first-order valence-corrected chi connectivity index (χ1v) is 23.7. The van der Waals surface area contributed by atoms with E-state index in [9.17, 15) is 0 Å². The van der Waals surface area contributed by atoms with E-state index < -0.39 is 10.8 Å². The van der Waals surface area contributed by atoms with Crippen LogP contribution in [-0.4, -0.2) is 0 Å². The molecular formula is C65H45N. The number of hydrogen-bond donors (Lipinski definition) is 0. The summed E-state index contributed by atoms with van der Waals surface area (Å²) in [6.45, 7) is 4.82. The molecule has 1 heteroatoms. The summed E-state index contributed by atoms with van der Waals surface area (Å²) in [4.78, 5) is 2.69. The fourth-order valence-electron chi connectivity index (χ4n) is 14.4. The second-order valence-corrected chi connectivity index (χ2v) is 19.8. The molecule has 0 aromatic heterocycles. The lowest BCUT2D eigenvalue weighted by atomic mass is 9.65. The van der Waals surface area contributed by atoms with Crippen molar-refractivity contribution in [2.75, 3.05) is 4.90 Å². The number of allylic oxidation sites excluding steroid dienone is 4. The minimum absolute atomic E-state index is 0.173. The Bertz CT molecular complexity index is 3580. The number of nitrogens with zero attached hydrogens (tertiary/aromatic N) is 1. The maximum Gasteiger partial charge on any atom is 0.0726 e. The average Bonchev–Trinajstić information content (AvgIpc) is 4.11. The monoisotopic (exact) mass is 839 g/mol. The predicted octanol–water partition coefficient (Wildman–Crippen LogP) is 16.0. The zero-order chi connectivity index (χ0) is 43.5. The van der Waals surface area contributed by atoms with E-state index in [1.54, 1.807) is 0 Å². The molecule has 66 heavy (non-hydrogen) atoms. The standard InChI is InChI=1S/C65H45N/c1-63(2)50-27-10-3-19-41(50)47-38-37-40(39-58(47)63)66(59-35-18-34-57-61(59)49-25-9-16-33-56(49)64(57)51-28-11-4-20-42(51)43-21-5-12-29-52(43)64)60-36-17-26-48-46-24-8-15-32-55(46)65(62(48)60)53-30-13-6-22-44(53)45-23-7-14-31-54(45)65/h3-39,46,55H,1-2H3. The minimum Gasteiger partial charge on any atom is -0.310 e. The lowest BCUT2D eigenvalue weighted by molar-refractivity contribution is 0.466. The van der Waals surface area contributed by atoms with Crippen LogP contribution in [-0.2, 0) is 16.2 Å². The number of rotatable bonds is 3. The summed E-state index contributed by atoms with van der Waals surface area (Å²) in [5.41, 5.74) is 27.0. The van der Waals surface area contributed by atoms with Crippen LogP contribution in [0.2, 0.25) is 0 Å². The molecule has 0 radical (unpaired) electrons. The van der Waals surface area contributed by atoms with Gasteiger partial charge in [-0.05, 0) is 119 Å². The van der Waals surface area contributed by atoms with E-state index in [0.717, 1.165) is 0 Å². The van der Waals surface area contributed by atoms with Crippen molar-refractivity contribution in [2.24, 2.45) is 5.92 Å². The maximum absolute atomic E-state index is 2.69. The topological polar surface area (TPSA) is 3.24 Å². The average molecular weight is 840 g/mol. The fraction of sp³-hybridized carbons (Fsp3) is 0.108. The molecular weight excluding hydrogens is 795 g/mol. The summed E-state index contributed by atoms with van der Waals surface area (Å²) in [5, 5.41) is 0. The van der Waals surface area contributed by atoms with Gasteiger partial charge in [0.15, 0.2) is 0 Å². The van der Waals surface area contributed by atoms with Gasteiger partial charge < -0.3 is 4.90 Å². The fourth-order valence-corrected chi connectivity index (χ4v) is 14.4. The van der Waals surface area contributed by atoms with E-state index in [1.807, 2.05) is 0 Å². The highest BCUT2D eigenvalue weighted by molar-refractivity contribution is 6.02. The molecule has 0 aliphatic heterocycles. The van der Waals surface area contributed by atoms with Crippen molar-refractivity contribution in [3.63, 3.8) is 0 Å². The van der Waals surface area contributed by atoms with Crippen molar-refractivity contribution in [1.82, 2.24) is 0 Å². The molecule has 0 N–H and O–H groups in total. The number of anilines is 3. The molecule has 9 aromatic rings. The van der Waals surface area contributed by atoms with Gasteiger partial charge in [0.2, 0.25) is 0 Å². The van der Waals surface area contributed by atoms with Crippen LogP contribution in [0.4, 0.5) is 17.1 Å². The van der Waals surface area contributed by atoms with Crippen LogP contribution < -0.4 is 4.90 Å². The van der Waals surface area contributed by atoms with Gasteiger partial charge in [-0.15, -0.1) is 0 Å². The van der Waals surface area contributed by atoms with Gasteiger partial charge in [0.25, 0.3) is 0 Å². The van der Waals surface area contributed by atoms with E-state index in [4.69, 9.17) is 0 Å². The van der Waals surface area contributed by atoms with Crippen LogP contribution in [0.15, 0.2) is 224 Å². The van der Waals surface area contributed by atoms with Gasteiger partial charge in [-0.2, -0.15) is 0 Å². The van der Waals surface area contributed by atoms with Crippen molar-refractivity contribution < 1.29 is 0 Å². The van der Waals surface area contributed by atoms with Crippen LogP contribution >= 0.6 is 0 Å². The number of benzene rings is 9. The van der Waals surface area contributed by atoms with Gasteiger partial charge in [-0.25, -0.2) is 0 Å². The Kier molecular flexibility index (Phi) is 7.06. The Labute approximate surface area is 386 Å². The molecule has 0 bridgehead atoms. The highest BCUT2D eigenvalue weighted by Gasteiger charge is 2.59. The largest absolute Gasteiger partial charge is 0.310 e. The Hall–Kier alpha value is -7.74. The Balaban J connectivity index is 1.08. The molecule has 310 valence electrons. The third kappa shape index (κ3) is 4.20. The van der Waals surface area contributed by atoms with E-state index in [1.165, 1.54) is 117 Å². The molecule has 0 heterocycles. The normalized spacial score (nSPS) is 18.7. The molecule has 15 rings (SSSR count). The minimum atomic E-state index is -0.462. The predicted molar refractivity (Wildman–Crippen MR) is 271 cm³/mol. The van der Waals surface area contributed by atoms with Crippen LogP contribution in [0.5, 0.6) is 0 Å². The SMILES string of the molecule is CC1(C)c2ccccc2-c2ccc(N(c3cccc4c3-c3ccccc3C43c4ccccc4-c4ccccc43)c3cccc4c3C3(c5ccccc5-c5ccccc53)C3C=CC=CC43)cc21. The summed E-state index contributed by atoms with van der Waals surface area (Å²) < 4.78 is 0. The summed E-state index contributed by atoms with van der Waals surface area (Å²) in [6, 6.07) is 77.0. The molecule has 1 nitrogen and oxygen atoms in total. The summed E-state index contributed by atoms with van der Waals surface area (Å²) in [6.07, 6.45) is 9.56. The van der Waals surface area contributed by atoms with Crippen molar-refractivity contribution >= 4 is 17.1 Å². The van der Waals surface area contributed by atoms with Gasteiger partial charge >= 0.3 is 0 Å². The quantitative estimate of drug-likeness (QED) is 0.171. The third-order valence-corrected chi connectivity index (χ3v) is 16.8. The van der Waals surface area contributed by atoms with E-state index >= 15 is 0 Å². The maximum atomic E-state index is 2.69. The molecule has 0 fully saturated rings. The molecule has 2 atom stereocenters. The Morgan fingerprint density at radius 1 is 0.379 bits per heavy atom. The van der Waals surface area contributed by atoms with Crippen molar-refractivity contribution in [3.8, 4) is 44.5 Å². The molecule has 6 aliphatic carbocycles. The molecule has 2 spiro atoms. The van der Waals surface area contributed by atoms with Crippen LogP contribution in [0.25, 0.3) is 44.5 Å². The second kappa shape index (κ2) is 12.7. The van der Waals surface area contributed by atoms with Crippen LogP contribution in [0.1, 0.15) is 75.4 Å². The Morgan fingerprint density at radius 2 is 0.848 bits per heavy atom. The zero-order valence-corrected chi connectivity index (χ0v) is 37.0. The third-order valence-electron chi connectivity index (χ3n) is 16.8. The van der Waals surface area contributed by atoms with E-state index in [-0.39, 0.29) is 17.3 Å². The van der Waals surface area contributed by atoms with Crippen molar-refractivity contribution in [3.05, 3.63) is 280 Å². The summed E-state index contributed by atoms with van der Waals surface area (Å²) >= 11 is 0. The molecule has 0 saturated heterocycles. The lowest BCUT2D eigenvalue weighted by Crippen LogP contribution is -2.34. The molecule has 9 aromatic carbocycles. The van der Waals surface area contributed by atoms with Gasteiger partial charge in [-0.1, -0.05) is 214 Å². The lowest BCUT2D eigenvalue weighted by Gasteiger charge is -2.39. The number of hydrogen-bond acceptors (Lipinski definition) is 1. The molecule has 2 unspecified atom stereocenters. The first-order valence-electron chi connectivity index (χ1n) is 23.7. The molecule has 0 amide bonds. The molecule has 0 saturated carbocycles. The van der Waals surface area contributed by atoms with Gasteiger partial charge in [0.1, 0.15) is 0 Å². The number of fused-ring (bicyclic) bond motifs is 23.